The van der Waals surface area contributed by atoms with Crippen LogP contribution in [0.15, 0.2) is 84.9 Å². The van der Waals surface area contributed by atoms with E-state index in [0.717, 1.165) is 0 Å². The fourth-order valence-corrected chi connectivity index (χ4v) is 4.12. The molecule has 0 spiro atoms. The maximum Gasteiger partial charge on any atom is 0.0469 e. The molecule has 3 aromatic carbocycles. The summed E-state index contributed by atoms with van der Waals surface area (Å²) in [4.78, 5) is 0. The minimum atomic E-state index is 0.578. The van der Waals surface area contributed by atoms with Crippen LogP contribution in [0.3, 0.4) is 0 Å². The van der Waals surface area contributed by atoms with Crippen molar-refractivity contribution in [2.24, 2.45) is 0 Å². The highest BCUT2D eigenvalue weighted by Gasteiger charge is 2.41. The largest absolute Gasteiger partial charge is 0.142 e. The molecule has 1 saturated heterocycles. The molecule has 23 heavy (non-hydrogen) atoms. The molecule has 1 aliphatic rings. The molecule has 0 bridgehead atoms. The van der Waals surface area contributed by atoms with E-state index in [4.69, 9.17) is 0 Å². The van der Waals surface area contributed by atoms with Crippen molar-refractivity contribution in [3.05, 3.63) is 107 Å². The standard InChI is InChI=1S/C22H18S/c1-3-9-17(10-4-1)15-16-18-11-7-8-14-20(18)22-21(23-22)19-12-5-2-6-13-19/h1-16,21-22H. The second-order valence-corrected chi connectivity index (χ2v) is 7.05. The fourth-order valence-electron chi connectivity index (χ4n) is 2.92. The quantitative estimate of drug-likeness (QED) is 0.397. The van der Waals surface area contributed by atoms with Crippen LogP contribution in [0, 0.1) is 0 Å². The van der Waals surface area contributed by atoms with Gasteiger partial charge < -0.3 is 0 Å². The Morgan fingerprint density at radius 1 is 0.609 bits per heavy atom. The lowest BCUT2D eigenvalue weighted by Crippen LogP contribution is -1.88. The van der Waals surface area contributed by atoms with Crippen LogP contribution in [0.2, 0.25) is 0 Å². The molecule has 0 N–H and O–H groups in total. The lowest BCUT2D eigenvalue weighted by atomic mass is 9.99. The van der Waals surface area contributed by atoms with E-state index in [1.54, 1.807) is 0 Å². The van der Waals surface area contributed by atoms with Gasteiger partial charge in [0.15, 0.2) is 0 Å². The minimum absolute atomic E-state index is 0.578. The molecule has 0 aromatic heterocycles. The summed E-state index contributed by atoms with van der Waals surface area (Å²) in [5.41, 5.74) is 5.44. The molecule has 1 fully saturated rings. The molecule has 0 amide bonds. The number of hydrogen-bond donors (Lipinski definition) is 0. The highest BCUT2D eigenvalue weighted by molar-refractivity contribution is 8.06. The average molecular weight is 314 g/mol. The Bertz CT molecular complexity index is 806. The Labute approximate surface area is 141 Å². The van der Waals surface area contributed by atoms with Gasteiger partial charge in [0.2, 0.25) is 0 Å². The predicted octanol–water partition coefficient (Wildman–Crippen LogP) is 6.39. The monoisotopic (exact) mass is 314 g/mol. The molecule has 1 heteroatoms. The molecule has 0 aliphatic carbocycles. The molecule has 4 rings (SSSR count). The zero-order valence-electron chi connectivity index (χ0n) is 12.8. The van der Waals surface area contributed by atoms with Gasteiger partial charge in [-0.2, -0.15) is 0 Å². The van der Waals surface area contributed by atoms with Crippen molar-refractivity contribution in [2.45, 2.75) is 10.5 Å². The van der Waals surface area contributed by atoms with Gasteiger partial charge in [0.05, 0.1) is 0 Å². The van der Waals surface area contributed by atoms with Gasteiger partial charge in [0, 0.05) is 10.5 Å². The van der Waals surface area contributed by atoms with E-state index in [1.165, 1.54) is 22.3 Å². The van der Waals surface area contributed by atoms with E-state index >= 15 is 0 Å². The Morgan fingerprint density at radius 3 is 2.04 bits per heavy atom. The van der Waals surface area contributed by atoms with Gasteiger partial charge in [-0.25, -0.2) is 0 Å². The molecule has 0 saturated carbocycles. The Balaban J connectivity index is 1.58. The van der Waals surface area contributed by atoms with Crippen molar-refractivity contribution >= 4 is 23.9 Å². The highest BCUT2D eigenvalue weighted by atomic mass is 32.2. The molecule has 1 heterocycles. The SMILES string of the molecule is C(=Cc1ccccc1C1SC1c1ccccc1)c1ccccc1. The zero-order chi connectivity index (χ0) is 15.5. The van der Waals surface area contributed by atoms with Gasteiger partial charge in [0.1, 0.15) is 0 Å². The number of thioether (sulfide) groups is 1. The Hall–Kier alpha value is -2.25. The van der Waals surface area contributed by atoms with Crippen LogP contribution < -0.4 is 0 Å². The second kappa shape index (κ2) is 6.47. The topological polar surface area (TPSA) is 0 Å². The zero-order valence-corrected chi connectivity index (χ0v) is 13.6. The number of benzene rings is 3. The third-order valence-electron chi connectivity index (χ3n) is 4.18. The summed E-state index contributed by atoms with van der Waals surface area (Å²) in [5.74, 6) is 0. The summed E-state index contributed by atoms with van der Waals surface area (Å²) in [7, 11) is 0. The third kappa shape index (κ3) is 3.25. The Morgan fingerprint density at radius 2 is 1.26 bits per heavy atom. The molecule has 2 atom stereocenters. The van der Waals surface area contributed by atoms with Crippen molar-refractivity contribution in [3.63, 3.8) is 0 Å². The van der Waals surface area contributed by atoms with E-state index in [0.29, 0.717) is 10.5 Å². The average Bonchev–Trinajstić information content (AvgIpc) is 3.42. The molecular weight excluding hydrogens is 296 g/mol. The van der Waals surface area contributed by atoms with E-state index in [9.17, 15) is 0 Å². The normalized spacial score (nSPS) is 19.8. The van der Waals surface area contributed by atoms with Crippen LogP contribution in [0.1, 0.15) is 32.8 Å². The van der Waals surface area contributed by atoms with Crippen molar-refractivity contribution in [3.8, 4) is 0 Å². The number of rotatable bonds is 4. The fraction of sp³-hybridized carbons (Fsp3) is 0.0909. The maximum atomic E-state index is 2.27. The van der Waals surface area contributed by atoms with Crippen molar-refractivity contribution in [2.75, 3.05) is 0 Å². The van der Waals surface area contributed by atoms with Crippen LogP contribution >= 0.6 is 11.8 Å². The van der Waals surface area contributed by atoms with E-state index < -0.39 is 0 Å². The van der Waals surface area contributed by atoms with Crippen LogP contribution in [0.25, 0.3) is 12.2 Å². The molecular formula is C22H18S. The number of hydrogen-bond acceptors (Lipinski definition) is 1. The third-order valence-corrected chi connectivity index (χ3v) is 5.52. The second-order valence-electron chi connectivity index (χ2n) is 5.76. The minimum Gasteiger partial charge on any atom is -0.142 e. The molecule has 0 radical (unpaired) electrons. The summed E-state index contributed by atoms with van der Waals surface area (Å²) in [5, 5.41) is 1.18. The Kier molecular flexibility index (Phi) is 4.04. The van der Waals surface area contributed by atoms with E-state index in [2.05, 4.69) is 97.1 Å². The summed E-state index contributed by atoms with van der Waals surface area (Å²) in [6.07, 6.45) is 4.44. The summed E-state index contributed by atoms with van der Waals surface area (Å²) in [6.45, 7) is 0. The van der Waals surface area contributed by atoms with Gasteiger partial charge in [-0.1, -0.05) is 97.1 Å². The molecule has 0 nitrogen and oxygen atoms in total. The maximum absolute atomic E-state index is 2.27. The first-order valence-electron chi connectivity index (χ1n) is 7.94. The van der Waals surface area contributed by atoms with Crippen LogP contribution in [0.5, 0.6) is 0 Å². The highest BCUT2D eigenvalue weighted by Crippen LogP contribution is 2.66. The van der Waals surface area contributed by atoms with Crippen LogP contribution in [-0.2, 0) is 0 Å². The first-order chi connectivity index (χ1) is 11.4. The summed E-state index contributed by atoms with van der Waals surface area (Å²) >= 11 is 2.04. The van der Waals surface area contributed by atoms with Crippen molar-refractivity contribution in [1.29, 1.82) is 0 Å². The van der Waals surface area contributed by atoms with Gasteiger partial charge in [-0.15, -0.1) is 11.8 Å². The van der Waals surface area contributed by atoms with Crippen LogP contribution in [-0.4, -0.2) is 0 Å². The molecule has 3 aromatic rings. The van der Waals surface area contributed by atoms with Crippen LogP contribution in [0.4, 0.5) is 0 Å². The molecule has 2 unspecified atom stereocenters. The van der Waals surface area contributed by atoms with E-state index in [1.807, 2.05) is 11.8 Å². The first-order valence-corrected chi connectivity index (χ1v) is 8.88. The van der Waals surface area contributed by atoms with E-state index in [-0.39, 0.29) is 0 Å². The summed E-state index contributed by atoms with van der Waals surface area (Å²) < 4.78 is 0. The molecule has 112 valence electrons. The smallest absolute Gasteiger partial charge is 0.0469 e. The van der Waals surface area contributed by atoms with Gasteiger partial charge >= 0.3 is 0 Å². The van der Waals surface area contributed by atoms with Crippen molar-refractivity contribution < 1.29 is 0 Å². The van der Waals surface area contributed by atoms with Crippen molar-refractivity contribution in [1.82, 2.24) is 0 Å². The van der Waals surface area contributed by atoms with Gasteiger partial charge in [0.25, 0.3) is 0 Å². The first kappa shape index (κ1) is 14.3. The predicted molar refractivity (Wildman–Crippen MR) is 101 cm³/mol. The van der Waals surface area contributed by atoms with Gasteiger partial charge in [-0.05, 0) is 22.3 Å². The molecule has 1 aliphatic heterocycles. The van der Waals surface area contributed by atoms with Gasteiger partial charge in [-0.3, -0.25) is 0 Å². The lowest BCUT2D eigenvalue weighted by molar-refractivity contribution is 1.02. The lowest BCUT2D eigenvalue weighted by Gasteiger charge is -2.04. The summed E-state index contributed by atoms with van der Waals surface area (Å²) in [6, 6.07) is 30.1.